The summed E-state index contributed by atoms with van der Waals surface area (Å²) in [5, 5.41) is 0. The van der Waals surface area contributed by atoms with Gasteiger partial charge in [-0.2, -0.15) is 0 Å². The van der Waals surface area contributed by atoms with E-state index in [1.807, 2.05) is 48.5 Å². The van der Waals surface area contributed by atoms with Crippen LogP contribution in [0.25, 0.3) is 22.3 Å². The SMILES string of the molecule is Nc1ccc(-c2ccc(N)cc2)cc1.[CH3-].[CH3-].[CH3-].[CH3-].[Y].[Y].[Y].[Y].[Y].[Y].c1ccc(N(c2ccccc2)c2ccc(-c3ccc(N(c4ccccc4)c4ccccc4)cc3)cc2)cc1. The van der Waals surface area contributed by atoms with Gasteiger partial charge in [-0.05, 0) is 119 Å². The molecule has 0 saturated carbocycles. The van der Waals surface area contributed by atoms with Crippen LogP contribution >= 0.6 is 0 Å². The molecule has 0 saturated heterocycles. The Hall–Kier alpha value is -0.417. The minimum atomic E-state index is 0. The molecule has 4 N–H and O–H groups in total. The van der Waals surface area contributed by atoms with E-state index >= 15 is 0 Å². The van der Waals surface area contributed by atoms with Crippen LogP contribution in [0.2, 0.25) is 0 Å². The molecule has 8 aromatic rings. The smallest absolute Gasteiger partial charge is 0.0462 e. The Labute approximate surface area is 524 Å². The molecular formula is C52H52N4Y6-4. The quantitative estimate of drug-likeness (QED) is 0.118. The first kappa shape index (κ1) is 68.2. The summed E-state index contributed by atoms with van der Waals surface area (Å²) in [5.74, 6) is 0. The van der Waals surface area contributed by atoms with Crippen LogP contribution in [0, 0.1) is 29.7 Å². The monoisotopic (exact) mass is 1270 g/mol. The number of nitrogens with zero attached hydrogens (tertiary/aromatic N) is 2. The van der Waals surface area contributed by atoms with E-state index in [1.165, 1.54) is 11.1 Å². The molecule has 0 heterocycles. The largest absolute Gasteiger partial charge is 0.399 e. The molecule has 0 amide bonds. The third-order valence-corrected chi connectivity index (χ3v) is 8.80. The summed E-state index contributed by atoms with van der Waals surface area (Å²) < 4.78 is 0. The van der Waals surface area contributed by atoms with Crippen molar-refractivity contribution < 1.29 is 196 Å². The maximum Gasteiger partial charge on any atom is 0.0462 e. The average molecular weight is 1270 g/mol. The van der Waals surface area contributed by atoms with Gasteiger partial charge in [0, 0.05) is 242 Å². The van der Waals surface area contributed by atoms with Gasteiger partial charge in [-0.1, -0.05) is 121 Å². The standard InChI is InChI=1S/C36H28N2.C12H12N2.4CH3.6Y/c1-5-13-31(14-6-1)37(32-15-7-2-8-16-32)35-25-21-29(22-26-35)30-23-27-36(28-24-30)38(33-17-9-3-10-18-33)34-19-11-4-12-20-34;13-11-5-1-9(2-6-11)10-3-7-12(14)8-4-10;;;;;;;;;;/h1-28H;1-8H,13-14H2;4*1H3;;;;;;/q;;4*-1;;;;;;. The van der Waals surface area contributed by atoms with Crippen molar-refractivity contribution in [2.45, 2.75) is 0 Å². The molecule has 4 nitrogen and oxygen atoms in total. The van der Waals surface area contributed by atoms with Crippen molar-refractivity contribution in [1.29, 1.82) is 0 Å². The number of nitrogens with two attached hydrogens (primary N) is 2. The molecule has 10 heteroatoms. The molecule has 8 aromatic carbocycles. The van der Waals surface area contributed by atoms with Crippen LogP contribution in [0.5, 0.6) is 0 Å². The van der Waals surface area contributed by atoms with Gasteiger partial charge in [0.2, 0.25) is 0 Å². The van der Waals surface area contributed by atoms with Crippen LogP contribution in [0.1, 0.15) is 0 Å². The van der Waals surface area contributed by atoms with Crippen LogP contribution in [-0.4, -0.2) is 0 Å². The Morgan fingerprint density at radius 2 is 0.371 bits per heavy atom. The van der Waals surface area contributed by atoms with Gasteiger partial charge in [-0.3, -0.25) is 0 Å². The van der Waals surface area contributed by atoms with Crippen LogP contribution < -0.4 is 21.3 Å². The van der Waals surface area contributed by atoms with Crippen LogP contribution in [0.3, 0.4) is 0 Å². The second kappa shape index (κ2) is 35.7. The Morgan fingerprint density at radius 1 is 0.210 bits per heavy atom. The van der Waals surface area contributed by atoms with Gasteiger partial charge in [0.25, 0.3) is 0 Å². The first-order valence-electron chi connectivity index (χ1n) is 17.3. The van der Waals surface area contributed by atoms with Crippen molar-refractivity contribution in [3.8, 4) is 22.3 Å². The molecule has 6 radical (unpaired) electrons. The molecule has 0 aromatic heterocycles. The predicted molar refractivity (Wildman–Crippen MR) is 248 cm³/mol. The molecule has 8 rings (SSSR count). The molecule has 62 heavy (non-hydrogen) atoms. The minimum absolute atomic E-state index is 0. The van der Waals surface area contributed by atoms with Crippen molar-refractivity contribution in [1.82, 2.24) is 0 Å². The van der Waals surface area contributed by atoms with Crippen molar-refractivity contribution in [2.75, 3.05) is 21.3 Å². The molecule has 302 valence electrons. The summed E-state index contributed by atoms with van der Waals surface area (Å²) in [5.41, 5.74) is 24.3. The van der Waals surface area contributed by atoms with E-state index in [-0.39, 0.29) is 226 Å². The van der Waals surface area contributed by atoms with Crippen molar-refractivity contribution in [3.63, 3.8) is 0 Å². The molecule has 0 unspecified atom stereocenters. The number of rotatable bonds is 8. The second-order valence-corrected chi connectivity index (χ2v) is 12.4. The Kier molecular flexibility index (Phi) is 39.3. The van der Waals surface area contributed by atoms with E-state index in [1.54, 1.807) is 0 Å². The first-order chi connectivity index (χ1) is 25.6. The van der Waals surface area contributed by atoms with Gasteiger partial charge in [-0.15, -0.1) is 0 Å². The van der Waals surface area contributed by atoms with Gasteiger partial charge < -0.3 is 51.0 Å². The number of nitrogen functional groups attached to an aromatic ring is 2. The predicted octanol–water partition coefficient (Wildman–Crippen LogP) is 14.6. The minimum Gasteiger partial charge on any atom is -0.399 e. The van der Waals surface area contributed by atoms with Crippen molar-refractivity contribution >= 4 is 45.5 Å². The summed E-state index contributed by atoms with van der Waals surface area (Å²) in [7, 11) is 0. The van der Waals surface area contributed by atoms with Crippen LogP contribution in [0.4, 0.5) is 45.5 Å². The molecule has 0 aliphatic heterocycles. The number of anilines is 8. The zero-order chi connectivity index (χ0) is 35.5. The fourth-order valence-corrected chi connectivity index (χ4v) is 6.16. The summed E-state index contributed by atoms with van der Waals surface area (Å²) in [4.78, 5) is 4.56. The topological polar surface area (TPSA) is 58.5 Å². The molecule has 0 spiro atoms. The summed E-state index contributed by atoms with van der Waals surface area (Å²) in [6.07, 6.45) is 0. The van der Waals surface area contributed by atoms with E-state index in [0.717, 1.165) is 56.6 Å². The Morgan fingerprint density at radius 3 is 0.565 bits per heavy atom. The van der Waals surface area contributed by atoms with Crippen LogP contribution in [-0.2, 0) is 196 Å². The van der Waals surface area contributed by atoms with Crippen molar-refractivity contribution in [3.05, 3.63) is 248 Å². The number of hydrogen-bond acceptors (Lipinski definition) is 4. The van der Waals surface area contributed by atoms with E-state index < -0.39 is 0 Å². The second-order valence-electron chi connectivity index (χ2n) is 12.4. The molecule has 0 aliphatic rings. The first-order valence-corrected chi connectivity index (χ1v) is 17.3. The van der Waals surface area contributed by atoms with Gasteiger partial charge in [0.15, 0.2) is 0 Å². The maximum absolute atomic E-state index is 5.61. The Balaban J connectivity index is -0.000000610. The fourth-order valence-electron chi connectivity index (χ4n) is 6.16. The van der Waals surface area contributed by atoms with Gasteiger partial charge in [0.1, 0.15) is 0 Å². The molecule has 0 aliphatic carbocycles. The van der Waals surface area contributed by atoms with E-state index in [2.05, 4.69) is 180 Å². The van der Waals surface area contributed by atoms with Gasteiger partial charge in [0.05, 0.1) is 0 Å². The zero-order valence-corrected chi connectivity index (χ0v) is 53.3. The third kappa shape index (κ3) is 19.1. The molecular weight excluding hydrogens is 1210 g/mol. The van der Waals surface area contributed by atoms with Crippen LogP contribution in [0.15, 0.2) is 218 Å². The number of para-hydroxylation sites is 4. The number of hydrogen-bond donors (Lipinski definition) is 2. The van der Waals surface area contributed by atoms with E-state index in [4.69, 9.17) is 11.5 Å². The zero-order valence-electron chi connectivity index (χ0n) is 36.3. The summed E-state index contributed by atoms with van der Waals surface area (Å²) >= 11 is 0. The number of benzene rings is 8. The van der Waals surface area contributed by atoms with Crippen molar-refractivity contribution in [2.24, 2.45) is 0 Å². The summed E-state index contributed by atoms with van der Waals surface area (Å²) in [6.45, 7) is 0. The van der Waals surface area contributed by atoms with E-state index in [0.29, 0.717) is 0 Å². The fraction of sp³-hybridized carbons (Fsp3) is 0. The maximum atomic E-state index is 5.61. The van der Waals surface area contributed by atoms with Gasteiger partial charge in [-0.25, -0.2) is 0 Å². The van der Waals surface area contributed by atoms with Gasteiger partial charge >= 0.3 is 0 Å². The van der Waals surface area contributed by atoms with E-state index in [9.17, 15) is 0 Å². The average Bonchev–Trinajstić information content (AvgIpc) is 3.21. The molecule has 0 bridgehead atoms. The Bertz CT molecular complexity index is 2040. The summed E-state index contributed by atoms with van der Waals surface area (Å²) in [6, 6.07) is 75.2. The third-order valence-electron chi connectivity index (χ3n) is 8.80. The molecule has 0 fully saturated rings. The normalized spacial score (nSPS) is 8.77. The molecule has 0 atom stereocenters.